The summed E-state index contributed by atoms with van der Waals surface area (Å²) in [7, 11) is 0. The van der Waals surface area contributed by atoms with Crippen molar-refractivity contribution in [2.75, 3.05) is 11.4 Å². The van der Waals surface area contributed by atoms with Crippen molar-refractivity contribution in [3.05, 3.63) is 28.8 Å². The van der Waals surface area contributed by atoms with Gasteiger partial charge in [-0.2, -0.15) is 0 Å². The monoisotopic (exact) mass is 239 g/mol. The van der Waals surface area contributed by atoms with Crippen LogP contribution >= 0.6 is 11.6 Å². The van der Waals surface area contributed by atoms with Crippen LogP contribution in [0.25, 0.3) is 0 Å². The van der Waals surface area contributed by atoms with Gasteiger partial charge in [-0.15, -0.1) is 0 Å². The highest BCUT2D eigenvalue weighted by Crippen LogP contribution is 2.30. The van der Waals surface area contributed by atoms with Crippen molar-refractivity contribution < 1.29 is 5.11 Å². The molecule has 0 bridgehead atoms. The molecule has 1 atom stereocenters. The summed E-state index contributed by atoms with van der Waals surface area (Å²) in [6.07, 6.45) is 3.74. The molecule has 1 N–H and O–H groups in total. The first kappa shape index (κ1) is 11.7. The van der Waals surface area contributed by atoms with E-state index in [1.807, 2.05) is 18.2 Å². The molecular formula is C13H18ClNO. The van der Waals surface area contributed by atoms with Crippen molar-refractivity contribution in [1.82, 2.24) is 0 Å². The van der Waals surface area contributed by atoms with Crippen LogP contribution in [0, 0.1) is 0 Å². The van der Waals surface area contributed by atoms with Gasteiger partial charge >= 0.3 is 0 Å². The fraction of sp³-hybridized carbons (Fsp3) is 0.538. The number of aliphatic hydroxyl groups excluding tert-OH is 1. The third-order valence-corrected chi connectivity index (χ3v) is 3.57. The van der Waals surface area contributed by atoms with Gasteiger partial charge in [-0.1, -0.05) is 17.7 Å². The third-order valence-electron chi connectivity index (χ3n) is 3.33. The molecule has 1 aromatic rings. The number of hydrogen-bond acceptors (Lipinski definition) is 2. The second kappa shape index (κ2) is 5.07. The maximum atomic E-state index is 9.36. The number of benzene rings is 1. The third kappa shape index (κ3) is 2.33. The summed E-state index contributed by atoms with van der Waals surface area (Å²) in [6.45, 7) is 3.38. The predicted octanol–water partition coefficient (Wildman–Crippen LogP) is 3.21. The highest BCUT2D eigenvalue weighted by molar-refractivity contribution is 6.30. The topological polar surface area (TPSA) is 23.5 Å². The molecule has 1 heterocycles. The van der Waals surface area contributed by atoms with Gasteiger partial charge in [-0.3, -0.25) is 0 Å². The zero-order valence-electron chi connectivity index (χ0n) is 9.62. The van der Waals surface area contributed by atoms with Gasteiger partial charge in [0.1, 0.15) is 0 Å². The summed E-state index contributed by atoms with van der Waals surface area (Å²) in [5.41, 5.74) is 2.07. The average molecular weight is 240 g/mol. The molecule has 16 heavy (non-hydrogen) atoms. The Morgan fingerprint density at radius 3 is 2.94 bits per heavy atom. The lowest BCUT2D eigenvalue weighted by molar-refractivity contribution is 0.281. The molecule has 0 aromatic heterocycles. The van der Waals surface area contributed by atoms with Crippen molar-refractivity contribution in [3.63, 3.8) is 0 Å². The maximum absolute atomic E-state index is 9.36. The van der Waals surface area contributed by atoms with Crippen LogP contribution < -0.4 is 4.90 Å². The predicted molar refractivity (Wildman–Crippen MR) is 68.0 cm³/mol. The van der Waals surface area contributed by atoms with E-state index in [2.05, 4.69) is 11.8 Å². The fourth-order valence-electron chi connectivity index (χ4n) is 2.39. The van der Waals surface area contributed by atoms with Gasteiger partial charge in [0.15, 0.2) is 0 Å². The quantitative estimate of drug-likeness (QED) is 0.857. The van der Waals surface area contributed by atoms with Crippen molar-refractivity contribution >= 4 is 17.3 Å². The van der Waals surface area contributed by atoms with E-state index in [0.717, 1.165) is 22.8 Å². The molecule has 0 radical (unpaired) electrons. The number of rotatable bonds is 2. The van der Waals surface area contributed by atoms with Gasteiger partial charge in [0.2, 0.25) is 0 Å². The minimum atomic E-state index is 0.0791. The van der Waals surface area contributed by atoms with Gasteiger partial charge < -0.3 is 10.0 Å². The normalized spacial score (nSPS) is 21.2. The number of nitrogens with zero attached hydrogens (tertiary/aromatic N) is 1. The molecule has 0 saturated carbocycles. The zero-order valence-corrected chi connectivity index (χ0v) is 10.4. The molecule has 2 rings (SSSR count). The van der Waals surface area contributed by atoms with Crippen LogP contribution in [0.5, 0.6) is 0 Å². The van der Waals surface area contributed by atoms with Gasteiger partial charge in [0.25, 0.3) is 0 Å². The lowest BCUT2D eigenvalue weighted by Gasteiger charge is -2.36. The zero-order chi connectivity index (χ0) is 11.5. The highest BCUT2D eigenvalue weighted by atomic mass is 35.5. The molecule has 1 unspecified atom stereocenters. The number of anilines is 1. The van der Waals surface area contributed by atoms with Crippen molar-refractivity contribution in [2.45, 2.75) is 38.8 Å². The van der Waals surface area contributed by atoms with Gasteiger partial charge in [-0.25, -0.2) is 0 Å². The van der Waals surface area contributed by atoms with Crippen molar-refractivity contribution in [3.8, 4) is 0 Å². The lowest BCUT2D eigenvalue weighted by atomic mass is 10.0. The summed E-state index contributed by atoms with van der Waals surface area (Å²) < 4.78 is 0. The molecule has 1 aromatic carbocycles. The van der Waals surface area contributed by atoms with E-state index < -0.39 is 0 Å². The van der Waals surface area contributed by atoms with Crippen LogP contribution in [-0.2, 0) is 6.61 Å². The largest absolute Gasteiger partial charge is 0.392 e. The number of halogens is 1. The summed E-state index contributed by atoms with van der Waals surface area (Å²) in [4.78, 5) is 2.36. The van der Waals surface area contributed by atoms with E-state index in [-0.39, 0.29) is 6.61 Å². The van der Waals surface area contributed by atoms with Crippen LogP contribution in [0.4, 0.5) is 5.69 Å². The lowest BCUT2D eigenvalue weighted by Crippen LogP contribution is -2.38. The number of hydrogen-bond donors (Lipinski definition) is 1. The molecule has 0 amide bonds. The molecule has 3 heteroatoms. The van der Waals surface area contributed by atoms with E-state index in [1.165, 1.54) is 19.3 Å². The minimum Gasteiger partial charge on any atom is -0.392 e. The molecule has 88 valence electrons. The Balaban J connectivity index is 2.33. The second-order valence-corrected chi connectivity index (χ2v) is 4.91. The van der Waals surface area contributed by atoms with Gasteiger partial charge in [0, 0.05) is 28.9 Å². The molecular weight excluding hydrogens is 222 g/mol. The average Bonchev–Trinajstić information content (AvgIpc) is 2.29. The molecule has 1 fully saturated rings. The minimum absolute atomic E-state index is 0.0791. The Morgan fingerprint density at radius 1 is 1.44 bits per heavy atom. The van der Waals surface area contributed by atoms with E-state index in [4.69, 9.17) is 11.6 Å². The highest BCUT2D eigenvalue weighted by Gasteiger charge is 2.20. The first-order valence-corrected chi connectivity index (χ1v) is 6.26. The molecule has 0 spiro atoms. The Labute approximate surface area is 102 Å². The number of piperidine rings is 1. The number of aliphatic hydroxyl groups is 1. The Kier molecular flexibility index (Phi) is 3.72. The fourth-order valence-corrected chi connectivity index (χ4v) is 2.56. The van der Waals surface area contributed by atoms with E-state index in [9.17, 15) is 5.11 Å². The van der Waals surface area contributed by atoms with Crippen LogP contribution in [0.3, 0.4) is 0 Å². The Morgan fingerprint density at radius 2 is 2.25 bits per heavy atom. The van der Waals surface area contributed by atoms with Crippen LogP contribution in [-0.4, -0.2) is 17.7 Å². The van der Waals surface area contributed by atoms with Crippen LogP contribution in [0.1, 0.15) is 31.7 Å². The van der Waals surface area contributed by atoms with E-state index in [0.29, 0.717) is 6.04 Å². The van der Waals surface area contributed by atoms with Crippen LogP contribution in [0.15, 0.2) is 18.2 Å². The summed E-state index contributed by atoms with van der Waals surface area (Å²) in [5, 5.41) is 10.1. The smallest absolute Gasteiger partial charge is 0.0702 e. The van der Waals surface area contributed by atoms with E-state index in [1.54, 1.807) is 0 Å². The van der Waals surface area contributed by atoms with E-state index >= 15 is 0 Å². The first-order chi connectivity index (χ1) is 7.72. The first-order valence-electron chi connectivity index (χ1n) is 5.88. The SMILES string of the molecule is CC1CCCCN1c1cc(Cl)ccc1CO. The summed E-state index contributed by atoms with van der Waals surface area (Å²) in [5.74, 6) is 0. The van der Waals surface area contributed by atoms with Gasteiger partial charge in [0.05, 0.1) is 6.61 Å². The summed E-state index contributed by atoms with van der Waals surface area (Å²) in [6, 6.07) is 6.26. The maximum Gasteiger partial charge on any atom is 0.0702 e. The molecule has 1 aliphatic rings. The van der Waals surface area contributed by atoms with Gasteiger partial charge in [-0.05, 0) is 38.3 Å². The Hall–Kier alpha value is -0.730. The standard InChI is InChI=1S/C13H18ClNO/c1-10-4-2-3-7-15(10)13-8-12(14)6-5-11(13)9-16/h5-6,8,10,16H,2-4,7,9H2,1H3. The molecule has 2 nitrogen and oxygen atoms in total. The van der Waals surface area contributed by atoms with Crippen LogP contribution in [0.2, 0.25) is 5.02 Å². The summed E-state index contributed by atoms with van der Waals surface area (Å²) >= 11 is 6.03. The molecule has 0 aliphatic carbocycles. The molecule has 1 aliphatic heterocycles. The molecule has 1 saturated heterocycles. The van der Waals surface area contributed by atoms with Crippen molar-refractivity contribution in [1.29, 1.82) is 0 Å². The Bertz CT molecular complexity index is 367. The second-order valence-electron chi connectivity index (χ2n) is 4.47. The van der Waals surface area contributed by atoms with Crippen molar-refractivity contribution in [2.24, 2.45) is 0 Å².